The number of likely N-dealkylation sites (tertiary alicyclic amines) is 1. The van der Waals surface area contributed by atoms with E-state index in [1.807, 2.05) is 12.0 Å². The molecule has 2 saturated heterocycles. The molecule has 10 heteroatoms. The summed E-state index contributed by atoms with van der Waals surface area (Å²) >= 11 is 0. The van der Waals surface area contributed by atoms with Gasteiger partial charge in [-0.15, -0.1) is 0 Å². The average molecular weight is 738 g/mol. The van der Waals surface area contributed by atoms with E-state index in [-0.39, 0.29) is 42.2 Å². The van der Waals surface area contributed by atoms with Gasteiger partial charge in [0, 0.05) is 58.8 Å². The van der Waals surface area contributed by atoms with Gasteiger partial charge in [-0.25, -0.2) is 0 Å². The average Bonchev–Trinajstić information content (AvgIpc) is 3.54. The molecule has 10 atom stereocenters. The highest BCUT2D eigenvalue weighted by molar-refractivity contribution is 5.94. The monoisotopic (exact) mass is 738 g/mol. The van der Waals surface area contributed by atoms with Crippen LogP contribution in [0.25, 0.3) is 0 Å². The first kappa shape index (κ1) is 38.1. The molecule has 7 saturated carbocycles. The van der Waals surface area contributed by atoms with Crippen LogP contribution in [0.5, 0.6) is 0 Å². The minimum Gasteiger partial charge on any atom is -0.391 e. The first-order valence-electron chi connectivity index (χ1n) is 22.0. The van der Waals surface area contributed by atoms with Crippen molar-refractivity contribution < 1.29 is 24.2 Å². The second-order valence-electron chi connectivity index (χ2n) is 20.1. The molecule has 9 unspecified atom stereocenters. The van der Waals surface area contributed by atoms with Crippen molar-refractivity contribution in [2.24, 2.45) is 40.4 Å². The molecule has 0 aromatic rings. The fourth-order valence-electron chi connectivity index (χ4n) is 14.4. The molecule has 0 aromatic heterocycles. The summed E-state index contributed by atoms with van der Waals surface area (Å²) in [6, 6.07) is -0.914. The van der Waals surface area contributed by atoms with Crippen LogP contribution in [0.2, 0.25) is 0 Å². The predicted octanol–water partition coefficient (Wildman–Crippen LogP) is 4.68. The third-order valence-corrected chi connectivity index (χ3v) is 16.0. The van der Waals surface area contributed by atoms with Crippen molar-refractivity contribution in [1.82, 2.24) is 24.9 Å². The van der Waals surface area contributed by atoms with Crippen LogP contribution in [0.4, 0.5) is 0 Å². The maximum Gasteiger partial charge on any atom is 0.245 e. The molecular formula is C43H71N5O5. The van der Waals surface area contributed by atoms with Gasteiger partial charge >= 0.3 is 0 Å². The Morgan fingerprint density at radius 1 is 0.849 bits per heavy atom. The maximum absolute atomic E-state index is 14.8. The number of piperazine rings is 1. The maximum atomic E-state index is 14.8. The SMILES string of the molecule is COC1CCCCC1N1CCN(C(=O)C(CC2CCC3CCCCC3C2)NC(=O)C2C[C@@H](O)CN2C(=O)C23CC4CC(CC(CN(C)C)(C4)C2)C3)CC1. The summed E-state index contributed by atoms with van der Waals surface area (Å²) in [6.07, 6.45) is 20.4. The quantitative estimate of drug-likeness (QED) is 0.336. The standard InChI is InChI=1S/C43H71N5O5/c1-45(2)28-42-22-30-18-31(23-42)25-43(24-30,27-42)41(52)48-26-34(49)21-37(48)39(50)44-35(20-29-12-13-32-8-4-5-9-33(32)19-29)40(51)47-16-14-46(15-17-47)36-10-6-7-11-38(36)53-3/h29-38,49H,4-28H2,1-3H3,(H,44,50)/t29?,30?,31?,32?,33?,34-,35?,36?,37?,38?,42?,43?/m1/s1. The minimum absolute atomic E-state index is 0.0406. The number of hydrogen-bond acceptors (Lipinski definition) is 7. The lowest BCUT2D eigenvalue weighted by atomic mass is 9.43. The van der Waals surface area contributed by atoms with E-state index in [0.29, 0.717) is 43.3 Å². The van der Waals surface area contributed by atoms with Crippen molar-refractivity contribution in [2.75, 3.05) is 60.5 Å². The van der Waals surface area contributed by atoms with Gasteiger partial charge in [-0.3, -0.25) is 19.3 Å². The molecular weight excluding hydrogens is 667 g/mol. The summed E-state index contributed by atoms with van der Waals surface area (Å²) in [7, 11) is 6.13. The minimum atomic E-state index is -0.728. The van der Waals surface area contributed by atoms with E-state index < -0.39 is 23.6 Å². The van der Waals surface area contributed by atoms with Crippen LogP contribution < -0.4 is 5.32 Å². The zero-order chi connectivity index (χ0) is 36.9. The zero-order valence-corrected chi connectivity index (χ0v) is 33.3. The smallest absolute Gasteiger partial charge is 0.245 e. The molecule has 3 amide bonds. The van der Waals surface area contributed by atoms with E-state index in [0.717, 1.165) is 76.4 Å². The van der Waals surface area contributed by atoms with Crippen LogP contribution in [0, 0.1) is 40.4 Å². The number of amides is 3. The normalized spacial score (nSPS) is 42.1. The number of aliphatic hydroxyl groups excluding tert-OH is 1. The van der Waals surface area contributed by atoms with Gasteiger partial charge in [-0.05, 0) is 120 Å². The van der Waals surface area contributed by atoms with E-state index in [2.05, 4.69) is 29.2 Å². The van der Waals surface area contributed by atoms with Crippen LogP contribution in [-0.2, 0) is 19.1 Å². The van der Waals surface area contributed by atoms with E-state index in [4.69, 9.17) is 4.74 Å². The summed E-state index contributed by atoms with van der Waals surface area (Å²) < 4.78 is 5.89. The van der Waals surface area contributed by atoms with E-state index in [9.17, 15) is 19.5 Å². The summed E-state index contributed by atoms with van der Waals surface area (Å²) in [4.78, 5) is 52.5. The molecule has 9 aliphatic rings. The van der Waals surface area contributed by atoms with Gasteiger partial charge in [-0.1, -0.05) is 44.9 Å². The molecule has 10 nitrogen and oxygen atoms in total. The Hall–Kier alpha value is -1.75. The van der Waals surface area contributed by atoms with Crippen LogP contribution in [0.3, 0.4) is 0 Å². The van der Waals surface area contributed by atoms with Crippen LogP contribution in [0.15, 0.2) is 0 Å². The molecule has 53 heavy (non-hydrogen) atoms. The third kappa shape index (κ3) is 7.83. The first-order chi connectivity index (χ1) is 25.5. The Balaban J connectivity index is 0.974. The molecule has 2 N–H and O–H groups in total. The lowest BCUT2D eigenvalue weighted by Gasteiger charge is -2.62. The highest BCUT2D eigenvalue weighted by Crippen LogP contribution is 2.66. The number of methoxy groups -OCH3 is 1. The van der Waals surface area contributed by atoms with Crippen LogP contribution in [0.1, 0.15) is 122 Å². The van der Waals surface area contributed by atoms with E-state index >= 15 is 0 Å². The summed E-state index contributed by atoms with van der Waals surface area (Å²) in [6.45, 7) is 4.22. The number of β-amino-alcohol motifs (C(OH)–C–C–N with tert-alkyl or cyclic N) is 1. The van der Waals surface area contributed by atoms with Crippen molar-refractivity contribution >= 4 is 17.7 Å². The van der Waals surface area contributed by atoms with Gasteiger partial charge < -0.3 is 29.9 Å². The van der Waals surface area contributed by atoms with Gasteiger partial charge in [0.1, 0.15) is 12.1 Å². The number of carbonyl (C=O) groups is 3. The number of fused-ring (bicyclic) bond motifs is 1. The first-order valence-corrected chi connectivity index (χ1v) is 22.0. The number of ether oxygens (including phenoxy) is 1. The second-order valence-corrected chi connectivity index (χ2v) is 20.1. The van der Waals surface area contributed by atoms with Crippen molar-refractivity contribution in [2.45, 2.75) is 152 Å². The highest BCUT2D eigenvalue weighted by atomic mass is 16.5. The van der Waals surface area contributed by atoms with Crippen LogP contribution in [-0.4, -0.2) is 133 Å². The predicted molar refractivity (Wildman–Crippen MR) is 205 cm³/mol. The fraction of sp³-hybridized carbons (Fsp3) is 0.930. The third-order valence-electron chi connectivity index (χ3n) is 16.0. The van der Waals surface area contributed by atoms with Crippen molar-refractivity contribution in [3.8, 4) is 0 Å². The van der Waals surface area contributed by atoms with Crippen molar-refractivity contribution in [1.29, 1.82) is 0 Å². The Kier molecular flexibility index (Phi) is 11.3. The molecule has 7 aliphatic carbocycles. The number of aliphatic hydroxyl groups is 1. The molecule has 298 valence electrons. The lowest BCUT2D eigenvalue weighted by Crippen LogP contribution is -2.62. The zero-order valence-electron chi connectivity index (χ0n) is 33.3. The number of rotatable bonds is 10. The van der Waals surface area contributed by atoms with Gasteiger partial charge in [0.25, 0.3) is 0 Å². The Morgan fingerprint density at radius 2 is 1.55 bits per heavy atom. The van der Waals surface area contributed by atoms with Gasteiger partial charge in [0.05, 0.1) is 17.6 Å². The molecule has 4 bridgehead atoms. The van der Waals surface area contributed by atoms with E-state index in [1.165, 1.54) is 64.2 Å². The summed E-state index contributed by atoms with van der Waals surface area (Å²) in [5.41, 5.74) is -0.268. The van der Waals surface area contributed by atoms with Crippen molar-refractivity contribution in [3.63, 3.8) is 0 Å². The number of hydrogen-bond donors (Lipinski definition) is 2. The number of nitrogens with one attached hydrogen (secondary N) is 1. The highest BCUT2D eigenvalue weighted by Gasteiger charge is 2.62. The van der Waals surface area contributed by atoms with Gasteiger partial charge in [-0.2, -0.15) is 0 Å². The Labute approximate surface area is 319 Å². The molecule has 9 rings (SSSR count). The Bertz CT molecular complexity index is 1310. The molecule has 0 spiro atoms. The largest absolute Gasteiger partial charge is 0.391 e. The summed E-state index contributed by atoms with van der Waals surface area (Å²) in [5, 5.41) is 14.3. The number of carbonyl (C=O) groups excluding carboxylic acids is 3. The second kappa shape index (κ2) is 15.7. The van der Waals surface area contributed by atoms with Gasteiger partial charge in [0.15, 0.2) is 0 Å². The van der Waals surface area contributed by atoms with Gasteiger partial charge in [0.2, 0.25) is 17.7 Å². The molecule has 2 aliphatic heterocycles. The topological polar surface area (TPSA) is 106 Å². The lowest BCUT2D eigenvalue weighted by molar-refractivity contribution is -0.171. The molecule has 9 fully saturated rings. The van der Waals surface area contributed by atoms with Crippen LogP contribution >= 0.6 is 0 Å². The van der Waals surface area contributed by atoms with E-state index in [1.54, 1.807) is 4.90 Å². The van der Waals surface area contributed by atoms with Crippen molar-refractivity contribution in [3.05, 3.63) is 0 Å². The number of nitrogens with zero attached hydrogens (tertiary/aromatic N) is 4. The molecule has 0 aromatic carbocycles. The molecule has 2 heterocycles. The molecule has 0 radical (unpaired) electrons. The fourth-order valence-corrected chi connectivity index (χ4v) is 14.4. The summed E-state index contributed by atoms with van der Waals surface area (Å²) in [5.74, 6) is 3.03. The Morgan fingerprint density at radius 3 is 2.26 bits per heavy atom.